The van der Waals surface area contributed by atoms with Gasteiger partial charge in [0.1, 0.15) is 5.75 Å². The van der Waals surface area contributed by atoms with Gasteiger partial charge in [-0.15, -0.1) is 11.8 Å². The van der Waals surface area contributed by atoms with E-state index in [0.717, 1.165) is 11.3 Å². The molecule has 0 saturated heterocycles. The van der Waals surface area contributed by atoms with Crippen LogP contribution < -0.4 is 0 Å². The van der Waals surface area contributed by atoms with Crippen molar-refractivity contribution in [2.75, 3.05) is 0 Å². The summed E-state index contributed by atoms with van der Waals surface area (Å²) in [5.74, 6) is 1.42. The molecule has 0 spiro atoms. The van der Waals surface area contributed by atoms with Gasteiger partial charge in [-0.3, -0.25) is 0 Å². The van der Waals surface area contributed by atoms with Crippen molar-refractivity contribution in [3.05, 3.63) is 23.8 Å². The topological polar surface area (TPSA) is 20.2 Å². The Bertz CT molecular complexity index is 230. The molecule has 1 aliphatic rings. The molecule has 0 bridgehead atoms. The molecule has 0 aromatic heterocycles. The van der Waals surface area contributed by atoms with Crippen molar-refractivity contribution in [1.82, 2.24) is 0 Å². The van der Waals surface area contributed by atoms with Crippen LogP contribution in [0.25, 0.3) is 0 Å². The molecule has 0 atom stereocenters. The maximum atomic E-state index is 9.14. The van der Waals surface area contributed by atoms with Crippen LogP contribution in [0.5, 0.6) is 5.75 Å². The fourth-order valence-corrected chi connectivity index (χ4v) is 1.79. The van der Waals surface area contributed by atoms with E-state index < -0.39 is 0 Å². The summed E-state index contributed by atoms with van der Waals surface area (Å²) in [6, 6.07) is 5.64. The summed E-state index contributed by atoms with van der Waals surface area (Å²) in [6.45, 7) is 0. The van der Waals surface area contributed by atoms with Crippen LogP contribution in [-0.4, -0.2) is 5.11 Å². The molecule has 0 fully saturated rings. The van der Waals surface area contributed by atoms with Crippen LogP contribution in [0.1, 0.15) is 5.56 Å². The van der Waals surface area contributed by atoms with Gasteiger partial charge in [0, 0.05) is 16.2 Å². The van der Waals surface area contributed by atoms with E-state index in [1.54, 1.807) is 17.8 Å². The molecule has 2 heteroatoms. The predicted molar refractivity (Wildman–Crippen MR) is 37.7 cm³/mol. The van der Waals surface area contributed by atoms with Crippen molar-refractivity contribution in [1.29, 1.82) is 0 Å². The highest BCUT2D eigenvalue weighted by Gasteiger charge is 2.16. The lowest BCUT2D eigenvalue weighted by molar-refractivity contribution is 0.467. The van der Waals surface area contributed by atoms with Crippen molar-refractivity contribution in [2.24, 2.45) is 0 Å². The number of hydrogen-bond donors (Lipinski definition) is 1. The molecule has 0 amide bonds. The highest BCUT2D eigenvalue weighted by atomic mass is 32.2. The maximum Gasteiger partial charge on any atom is 0.120 e. The molecule has 2 rings (SSSR count). The van der Waals surface area contributed by atoms with Crippen LogP contribution in [-0.2, 0) is 5.75 Å². The highest BCUT2D eigenvalue weighted by molar-refractivity contribution is 8.00. The zero-order chi connectivity index (χ0) is 6.27. The van der Waals surface area contributed by atoms with Crippen LogP contribution in [0.4, 0.5) is 0 Å². The molecule has 9 heavy (non-hydrogen) atoms. The number of thioether (sulfide) groups is 1. The SMILES string of the molecule is Oc1cccc2c1CS2. The number of phenolic OH excluding ortho intramolecular Hbond substituents is 1. The lowest BCUT2D eigenvalue weighted by Gasteiger charge is -2.17. The Morgan fingerprint density at radius 1 is 1.44 bits per heavy atom. The lowest BCUT2D eigenvalue weighted by atomic mass is 10.2. The van der Waals surface area contributed by atoms with Crippen molar-refractivity contribution in [3.8, 4) is 5.75 Å². The third-order valence-corrected chi connectivity index (χ3v) is 2.61. The fraction of sp³-hybridized carbons (Fsp3) is 0.143. The first-order valence-corrected chi connectivity index (χ1v) is 3.80. The molecule has 0 saturated carbocycles. The fourth-order valence-electron chi connectivity index (χ4n) is 0.904. The number of benzene rings is 1. The third kappa shape index (κ3) is 0.630. The van der Waals surface area contributed by atoms with Gasteiger partial charge in [0.2, 0.25) is 0 Å². The second-order valence-electron chi connectivity index (χ2n) is 2.04. The van der Waals surface area contributed by atoms with Crippen LogP contribution >= 0.6 is 11.8 Å². The molecular formula is C7H6OS. The molecule has 0 aliphatic carbocycles. The molecule has 1 heterocycles. The lowest BCUT2D eigenvalue weighted by Crippen LogP contribution is -1.94. The number of rotatable bonds is 0. The Morgan fingerprint density at radius 3 is 2.78 bits per heavy atom. The van der Waals surface area contributed by atoms with E-state index in [0.29, 0.717) is 5.75 Å². The minimum atomic E-state index is 0.450. The summed E-state index contributed by atoms with van der Waals surface area (Å²) >= 11 is 1.78. The standard InChI is InChI=1S/C7H6OS/c8-6-2-1-3-7-5(6)4-9-7/h1-3,8H,4H2. The second kappa shape index (κ2) is 1.67. The van der Waals surface area contributed by atoms with Gasteiger partial charge in [-0.05, 0) is 12.1 Å². The number of fused-ring (bicyclic) bond motifs is 1. The summed E-state index contributed by atoms with van der Waals surface area (Å²) in [5, 5.41) is 9.14. The van der Waals surface area contributed by atoms with E-state index in [2.05, 4.69) is 0 Å². The monoisotopic (exact) mass is 138 g/mol. The molecule has 1 aromatic carbocycles. The van der Waals surface area contributed by atoms with Crippen molar-refractivity contribution >= 4 is 11.8 Å². The van der Waals surface area contributed by atoms with Gasteiger partial charge < -0.3 is 5.11 Å². The molecular weight excluding hydrogens is 132 g/mol. The van der Waals surface area contributed by atoms with Gasteiger partial charge in [-0.1, -0.05) is 6.07 Å². The second-order valence-corrected chi connectivity index (χ2v) is 3.06. The minimum Gasteiger partial charge on any atom is -0.508 e. The van der Waals surface area contributed by atoms with E-state index in [9.17, 15) is 0 Å². The van der Waals surface area contributed by atoms with E-state index in [-0.39, 0.29) is 0 Å². The normalized spacial score (nSPS) is 14.2. The van der Waals surface area contributed by atoms with Crippen molar-refractivity contribution < 1.29 is 5.11 Å². The summed E-state index contributed by atoms with van der Waals surface area (Å²) in [4.78, 5) is 1.23. The molecule has 1 aliphatic heterocycles. The van der Waals surface area contributed by atoms with E-state index in [4.69, 9.17) is 5.11 Å². The summed E-state index contributed by atoms with van der Waals surface area (Å²) in [6.07, 6.45) is 0. The van der Waals surface area contributed by atoms with Crippen LogP contribution in [0.3, 0.4) is 0 Å². The average molecular weight is 138 g/mol. The van der Waals surface area contributed by atoms with E-state index in [1.807, 2.05) is 12.1 Å². The highest BCUT2D eigenvalue weighted by Crippen LogP contribution is 2.42. The smallest absolute Gasteiger partial charge is 0.120 e. The van der Waals surface area contributed by atoms with Crippen LogP contribution in [0.2, 0.25) is 0 Å². The summed E-state index contributed by atoms with van der Waals surface area (Å²) in [5.41, 5.74) is 1.11. The Balaban J connectivity index is 2.64. The Hall–Kier alpha value is -0.630. The maximum absolute atomic E-state index is 9.14. The van der Waals surface area contributed by atoms with Gasteiger partial charge in [0.05, 0.1) is 0 Å². The van der Waals surface area contributed by atoms with Gasteiger partial charge in [-0.25, -0.2) is 0 Å². The summed E-state index contributed by atoms with van der Waals surface area (Å²) in [7, 11) is 0. The molecule has 1 aromatic rings. The van der Waals surface area contributed by atoms with E-state index >= 15 is 0 Å². The summed E-state index contributed by atoms with van der Waals surface area (Å²) < 4.78 is 0. The molecule has 46 valence electrons. The largest absolute Gasteiger partial charge is 0.508 e. The molecule has 1 N–H and O–H groups in total. The number of aromatic hydroxyl groups is 1. The van der Waals surface area contributed by atoms with Gasteiger partial charge in [0.25, 0.3) is 0 Å². The predicted octanol–water partition coefficient (Wildman–Crippen LogP) is 2.00. The van der Waals surface area contributed by atoms with Gasteiger partial charge in [0.15, 0.2) is 0 Å². The first-order valence-electron chi connectivity index (χ1n) is 2.81. The zero-order valence-electron chi connectivity index (χ0n) is 4.79. The van der Waals surface area contributed by atoms with E-state index in [1.165, 1.54) is 4.90 Å². The van der Waals surface area contributed by atoms with Crippen molar-refractivity contribution in [2.45, 2.75) is 10.6 Å². The number of hydrogen-bond acceptors (Lipinski definition) is 2. The minimum absolute atomic E-state index is 0.450. The molecule has 1 nitrogen and oxygen atoms in total. The zero-order valence-corrected chi connectivity index (χ0v) is 5.61. The van der Waals surface area contributed by atoms with Crippen LogP contribution in [0, 0.1) is 0 Å². The first kappa shape index (κ1) is 5.18. The quantitative estimate of drug-likeness (QED) is 0.591. The van der Waals surface area contributed by atoms with Gasteiger partial charge >= 0.3 is 0 Å². The molecule has 0 unspecified atom stereocenters. The average Bonchev–Trinajstić information content (AvgIpc) is 1.74. The Labute approximate surface area is 57.7 Å². The van der Waals surface area contributed by atoms with Crippen molar-refractivity contribution in [3.63, 3.8) is 0 Å². The van der Waals surface area contributed by atoms with Crippen LogP contribution in [0.15, 0.2) is 23.1 Å². The molecule has 0 radical (unpaired) electrons. The first-order chi connectivity index (χ1) is 4.38. The third-order valence-electron chi connectivity index (χ3n) is 1.48. The Morgan fingerprint density at radius 2 is 2.33 bits per heavy atom. The number of phenols is 1. The Kier molecular flexibility index (Phi) is 0.963. The van der Waals surface area contributed by atoms with Gasteiger partial charge in [-0.2, -0.15) is 0 Å².